The number of benzene rings is 1. The summed E-state index contributed by atoms with van der Waals surface area (Å²) in [5.41, 5.74) is 1.93. The number of nitrogens with zero attached hydrogens (tertiary/aromatic N) is 1. The molecule has 0 aromatic heterocycles. The molecule has 2 rings (SSSR count). The molecule has 0 saturated carbocycles. The highest BCUT2D eigenvalue weighted by Crippen LogP contribution is 2.34. The van der Waals surface area contributed by atoms with E-state index in [1.54, 1.807) is 6.92 Å². The van der Waals surface area contributed by atoms with Gasteiger partial charge < -0.3 is 4.90 Å². The Balaban J connectivity index is 2.42. The molecular weight excluding hydrogens is 290 g/mol. The van der Waals surface area contributed by atoms with Crippen LogP contribution in [0.5, 0.6) is 0 Å². The highest BCUT2D eigenvalue weighted by molar-refractivity contribution is 9.10. The number of carbonyl (C=O) groups excluding carboxylic acids is 1. The van der Waals surface area contributed by atoms with Gasteiger partial charge in [-0.2, -0.15) is 0 Å². The summed E-state index contributed by atoms with van der Waals surface area (Å²) in [7, 11) is 0. The maximum Gasteiger partial charge on any atom is 0.161 e. The van der Waals surface area contributed by atoms with E-state index in [2.05, 4.69) is 40.7 Å². The van der Waals surface area contributed by atoms with Gasteiger partial charge in [-0.1, -0.05) is 29.8 Å². The van der Waals surface area contributed by atoms with Crippen LogP contribution in [0, 0.1) is 5.92 Å². The molecule has 1 aliphatic rings. The molecule has 98 valence electrons. The number of halogens is 1. The van der Waals surface area contributed by atoms with Gasteiger partial charge in [-0.05, 0) is 43.9 Å². The molecule has 1 aliphatic heterocycles. The van der Waals surface area contributed by atoms with Crippen molar-refractivity contribution in [2.75, 3.05) is 11.4 Å². The molecule has 0 amide bonds. The Hall–Kier alpha value is -0.830. The summed E-state index contributed by atoms with van der Waals surface area (Å²) in [6.45, 7) is 7.22. The van der Waals surface area contributed by atoms with Gasteiger partial charge in [-0.3, -0.25) is 4.79 Å². The molecule has 1 heterocycles. The Morgan fingerprint density at radius 1 is 1.44 bits per heavy atom. The summed E-state index contributed by atoms with van der Waals surface area (Å²) in [5, 5.41) is 0. The number of rotatable bonds is 3. The lowest BCUT2D eigenvalue weighted by Crippen LogP contribution is -2.34. The van der Waals surface area contributed by atoms with Crippen molar-refractivity contribution in [2.24, 2.45) is 5.92 Å². The van der Waals surface area contributed by atoms with Crippen molar-refractivity contribution in [3.63, 3.8) is 0 Å². The van der Waals surface area contributed by atoms with Gasteiger partial charge in [0.25, 0.3) is 0 Å². The van der Waals surface area contributed by atoms with Crippen LogP contribution in [0.3, 0.4) is 0 Å². The lowest BCUT2D eigenvalue weighted by atomic mass is 10.0. The number of hydrogen-bond donors (Lipinski definition) is 0. The number of Topliss-reactive ketones (excluding diaryl/α,β-unsaturated/α-hetero) is 1. The van der Waals surface area contributed by atoms with Gasteiger partial charge in [0.15, 0.2) is 5.78 Å². The second kappa shape index (κ2) is 5.43. The minimum atomic E-state index is 0.145. The molecular formula is C15H20BrNO. The van der Waals surface area contributed by atoms with Crippen molar-refractivity contribution in [3.8, 4) is 0 Å². The van der Waals surface area contributed by atoms with Crippen LogP contribution in [0.1, 0.15) is 44.0 Å². The highest BCUT2D eigenvalue weighted by Gasteiger charge is 2.29. The first-order chi connectivity index (χ1) is 8.50. The van der Waals surface area contributed by atoms with Crippen LogP contribution >= 0.6 is 15.9 Å². The molecule has 1 unspecified atom stereocenters. The average molecular weight is 310 g/mol. The fourth-order valence-electron chi connectivity index (χ4n) is 2.82. The van der Waals surface area contributed by atoms with E-state index in [0.717, 1.165) is 22.3 Å². The van der Waals surface area contributed by atoms with Gasteiger partial charge in [-0.15, -0.1) is 0 Å². The second-order valence-electron chi connectivity index (χ2n) is 5.36. The Labute approximate surface area is 117 Å². The van der Waals surface area contributed by atoms with Crippen molar-refractivity contribution in [1.82, 2.24) is 0 Å². The van der Waals surface area contributed by atoms with E-state index >= 15 is 0 Å². The van der Waals surface area contributed by atoms with Gasteiger partial charge in [0.2, 0.25) is 0 Å². The minimum Gasteiger partial charge on any atom is -0.368 e. The first kappa shape index (κ1) is 13.6. The fourth-order valence-corrected chi connectivity index (χ4v) is 3.17. The van der Waals surface area contributed by atoms with Crippen LogP contribution < -0.4 is 4.90 Å². The zero-order valence-electron chi connectivity index (χ0n) is 11.2. The Morgan fingerprint density at radius 3 is 2.78 bits per heavy atom. The van der Waals surface area contributed by atoms with E-state index in [9.17, 15) is 4.79 Å². The predicted octanol–water partition coefficient (Wildman–Crippen LogP) is 4.28. The van der Waals surface area contributed by atoms with E-state index in [0.29, 0.717) is 12.0 Å². The van der Waals surface area contributed by atoms with Crippen LogP contribution in [-0.2, 0) is 0 Å². The van der Waals surface area contributed by atoms with Crippen molar-refractivity contribution < 1.29 is 4.79 Å². The summed E-state index contributed by atoms with van der Waals surface area (Å²) in [5.74, 6) is 0.762. The number of carbonyl (C=O) groups is 1. The molecule has 1 fully saturated rings. The van der Waals surface area contributed by atoms with Crippen molar-refractivity contribution >= 4 is 27.4 Å². The van der Waals surface area contributed by atoms with Crippen molar-refractivity contribution in [1.29, 1.82) is 0 Å². The normalized spacial score (nSPS) is 19.6. The fraction of sp³-hybridized carbons (Fsp3) is 0.533. The van der Waals surface area contributed by atoms with E-state index in [1.807, 2.05) is 12.1 Å². The smallest absolute Gasteiger partial charge is 0.161 e. The highest BCUT2D eigenvalue weighted by atomic mass is 79.9. The zero-order chi connectivity index (χ0) is 13.3. The summed E-state index contributed by atoms with van der Waals surface area (Å²) in [4.78, 5) is 14.2. The van der Waals surface area contributed by atoms with Crippen molar-refractivity contribution in [2.45, 2.75) is 39.7 Å². The van der Waals surface area contributed by atoms with Crippen LogP contribution in [-0.4, -0.2) is 18.4 Å². The van der Waals surface area contributed by atoms with Crippen LogP contribution in [0.2, 0.25) is 0 Å². The van der Waals surface area contributed by atoms with E-state index in [-0.39, 0.29) is 5.78 Å². The van der Waals surface area contributed by atoms with E-state index in [1.165, 1.54) is 12.8 Å². The largest absolute Gasteiger partial charge is 0.368 e. The van der Waals surface area contributed by atoms with Gasteiger partial charge >= 0.3 is 0 Å². The minimum absolute atomic E-state index is 0.145. The summed E-state index contributed by atoms with van der Waals surface area (Å²) in [6, 6.07) is 6.51. The molecule has 0 aliphatic carbocycles. The molecule has 3 heteroatoms. The molecule has 2 nitrogen and oxygen atoms in total. The second-order valence-corrected chi connectivity index (χ2v) is 6.28. The molecule has 0 radical (unpaired) electrons. The average Bonchev–Trinajstić information content (AvgIpc) is 2.77. The zero-order valence-corrected chi connectivity index (χ0v) is 12.8. The molecule has 1 saturated heterocycles. The third-order valence-corrected chi connectivity index (χ3v) is 4.21. The molecule has 18 heavy (non-hydrogen) atoms. The molecule has 0 N–H and O–H groups in total. The number of ketones is 1. The van der Waals surface area contributed by atoms with Gasteiger partial charge in [0, 0.05) is 28.3 Å². The molecule has 1 aromatic carbocycles. The molecule has 0 bridgehead atoms. The quantitative estimate of drug-likeness (QED) is 0.777. The van der Waals surface area contributed by atoms with Gasteiger partial charge in [0.05, 0.1) is 0 Å². The van der Waals surface area contributed by atoms with Crippen LogP contribution in [0.4, 0.5) is 5.69 Å². The Kier molecular flexibility index (Phi) is 4.10. The number of hydrogen-bond acceptors (Lipinski definition) is 2. The Morgan fingerprint density at radius 2 is 2.17 bits per heavy atom. The summed E-state index contributed by atoms with van der Waals surface area (Å²) >= 11 is 3.51. The lowest BCUT2D eigenvalue weighted by molar-refractivity contribution is 0.101. The standard InChI is InChI=1S/C15H20BrNO/c1-10(2)14-5-4-8-17(14)15-9-12(16)6-7-13(15)11(3)18/h6-7,9-10,14H,4-5,8H2,1-3H3. The summed E-state index contributed by atoms with van der Waals surface area (Å²) < 4.78 is 1.04. The third-order valence-electron chi connectivity index (χ3n) is 3.72. The van der Waals surface area contributed by atoms with Crippen LogP contribution in [0.15, 0.2) is 22.7 Å². The van der Waals surface area contributed by atoms with Crippen LogP contribution in [0.25, 0.3) is 0 Å². The van der Waals surface area contributed by atoms with Gasteiger partial charge in [0.1, 0.15) is 0 Å². The maximum absolute atomic E-state index is 11.8. The topological polar surface area (TPSA) is 20.3 Å². The first-order valence-corrected chi connectivity index (χ1v) is 7.37. The molecule has 1 aromatic rings. The first-order valence-electron chi connectivity index (χ1n) is 6.58. The van der Waals surface area contributed by atoms with Crippen molar-refractivity contribution in [3.05, 3.63) is 28.2 Å². The maximum atomic E-state index is 11.8. The lowest BCUT2D eigenvalue weighted by Gasteiger charge is -2.31. The SMILES string of the molecule is CC(=O)c1ccc(Br)cc1N1CCCC1C(C)C. The third kappa shape index (κ3) is 2.61. The predicted molar refractivity (Wildman–Crippen MR) is 79.4 cm³/mol. The molecule has 1 atom stereocenters. The molecule has 0 spiro atoms. The van der Waals surface area contributed by atoms with E-state index < -0.39 is 0 Å². The summed E-state index contributed by atoms with van der Waals surface area (Å²) in [6.07, 6.45) is 2.44. The van der Waals surface area contributed by atoms with E-state index in [4.69, 9.17) is 0 Å². The monoisotopic (exact) mass is 309 g/mol. The Bertz CT molecular complexity index is 456. The number of anilines is 1. The van der Waals surface area contributed by atoms with Gasteiger partial charge in [-0.25, -0.2) is 0 Å².